The molecule has 0 unspecified atom stereocenters. The Balaban J connectivity index is 1.37. The average molecular weight is 430 g/mol. The summed E-state index contributed by atoms with van der Waals surface area (Å²) >= 11 is 0. The van der Waals surface area contributed by atoms with Crippen molar-refractivity contribution < 1.29 is 17.9 Å². The Bertz CT molecular complexity index is 1480. The lowest BCUT2D eigenvalue weighted by Gasteiger charge is -2.07. The highest BCUT2D eigenvalue weighted by Crippen LogP contribution is 2.24. The minimum atomic E-state index is -1.03. The zero-order valence-electron chi connectivity index (χ0n) is 16.7. The molecule has 5 rings (SSSR count). The average Bonchev–Trinajstić information content (AvgIpc) is 3.30. The summed E-state index contributed by atoms with van der Waals surface area (Å²) in [5, 5.41) is 4.65. The maximum absolute atomic E-state index is 13.6. The van der Waals surface area contributed by atoms with E-state index in [0.717, 1.165) is 23.4 Å². The third-order valence-corrected chi connectivity index (χ3v) is 5.04. The first-order valence-corrected chi connectivity index (χ1v) is 9.81. The molecule has 7 heteroatoms. The van der Waals surface area contributed by atoms with Gasteiger partial charge in [-0.25, -0.2) is 13.5 Å². The van der Waals surface area contributed by atoms with E-state index in [1.807, 2.05) is 36.5 Å². The third-order valence-electron chi connectivity index (χ3n) is 5.04. The van der Waals surface area contributed by atoms with Crippen LogP contribution < -0.4 is 10.2 Å². The van der Waals surface area contributed by atoms with Crippen LogP contribution in [0.25, 0.3) is 27.8 Å². The number of fused-ring (bicyclic) bond motifs is 1. The van der Waals surface area contributed by atoms with Crippen molar-refractivity contribution in [3.05, 3.63) is 113 Å². The standard InChI is InChI=1S/C25H16F2N2O3/c26-22-9-6-17(10-23(22)27)21-15-32-24-11-19(7-8-20(24)25(21)30)31-14-16-12-28-29(13-16)18-4-2-1-3-5-18/h1-13,15H,14H2. The van der Waals surface area contributed by atoms with Gasteiger partial charge in [0.1, 0.15) is 24.2 Å². The molecule has 158 valence electrons. The predicted octanol–water partition coefficient (Wildman–Crippen LogP) is 5.50. The van der Waals surface area contributed by atoms with Crippen molar-refractivity contribution in [2.45, 2.75) is 6.61 Å². The molecule has 32 heavy (non-hydrogen) atoms. The van der Waals surface area contributed by atoms with Gasteiger partial charge in [-0.2, -0.15) is 5.10 Å². The first-order valence-electron chi connectivity index (χ1n) is 9.81. The summed E-state index contributed by atoms with van der Waals surface area (Å²) in [6, 6.07) is 17.9. The van der Waals surface area contributed by atoms with Crippen molar-refractivity contribution in [1.82, 2.24) is 9.78 Å². The van der Waals surface area contributed by atoms with E-state index in [9.17, 15) is 13.6 Å². The molecule has 0 N–H and O–H groups in total. The number of para-hydroxylation sites is 1. The summed E-state index contributed by atoms with van der Waals surface area (Å²) < 4.78 is 39.9. The Kier molecular flexibility index (Phi) is 4.99. The highest BCUT2D eigenvalue weighted by Gasteiger charge is 2.12. The lowest BCUT2D eigenvalue weighted by Crippen LogP contribution is -2.05. The summed E-state index contributed by atoms with van der Waals surface area (Å²) in [5.41, 5.74) is 2.22. The minimum absolute atomic E-state index is 0.151. The molecule has 3 aromatic carbocycles. The quantitative estimate of drug-likeness (QED) is 0.369. The Morgan fingerprint density at radius 3 is 2.62 bits per heavy atom. The molecule has 5 nitrogen and oxygen atoms in total. The molecule has 0 atom stereocenters. The largest absolute Gasteiger partial charge is 0.489 e. The number of ether oxygens (including phenoxy) is 1. The molecule has 0 radical (unpaired) electrons. The van der Waals surface area contributed by atoms with Crippen molar-refractivity contribution in [2.75, 3.05) is 0 Å². The van der Waals surface area contributed by atoms with E-state index in [0.29, 0.717) is 16.7 Å². The first-order chi connectivity index (χ1) is 15.6. The molecule has 0 aliphatic carbocycles. The van der Waals surface area contributed by atoms with Crippen LogP contribution in [-0.4, -0.2) is 9.78 Å². The van der Waals surface area contributed by atoms with Gasteiger partial charge >= 0.3 is 0 Å². The summed E-state index contributed by atoms with van der Waals surface area (Å²) in [6.45, 7) is 0.287. The van der Waals surface area contributed by atoms with Crippen LogP contribution in [0, 0.1) is 11.6 Å². The van der Waals surface area contributed by atoms with Gasteiger partial charge in [0, 0.05) is 17.8 Å². The van der Waals surface area contributed by atoms with Gasteiger partial charge in [-0.05, 0) is 42.0 Å². The van der Waals surface area contributed by atoms with E-state index in [2.05, 4.69) is 5.10 Å². The fourth-order valence-electron chi connectivity index (χ4n) is 3.38. The number of nitrogens with zero attached hydrogens (tertiary/aromatic N) is 2. The Morgan fingerprint density at radius 2 is 1.81 bits per heavy atom. The van der Waals surface area contributed by atoms with Gasteiger partial charge in [-0.3, -0.25) is 4.79 Å². The summed E-state index contributed by atoms with van der Waals surface area (Å²) in [5.74, 6) is -1.48. The number of rotatable bonds is 5. The lowest BCUT2D eigenvalue weighted by molar-refractivity contribution is 0.306. The van der Waals surface area contributed by atoms with Crippen LogP contribution in [0.4, 0.5) is 8.78 Å². The molecule has 5 aromatic rings. The molecule has 0 saturated heterocycles. The van der Waals surface area contributed by atoms with Crippen LogP contribution in [0.1, 0.15) is 5.56 Å². The summed E-state index contributed by atoms with van der Waals surface area (Å²) in [4.78, 5) is 12.8. The molecular formula is C25H16F2N2O3. The van der Waals surface area contributed by atoms with E-state index in [4.69, 9.17) is 9.15 Å². The van der Waals surface area contributed by atoms with Crippen molar-refractivity contribution in [3.63, 3.8) is 0 Å². The van der Waals surface area contributed by atoms with Gasteiger partial charge in [0.05, 0.1) is 22.8 Å². The molecule has 0 spiro atoms. The molecule has 0 bridgehead atoms. The van der Waals surface area contributed by atoms with Crippen LogP contribution in [0.2, 0.25) is 0 Å². The Hall–Kier alpha value is -4.26. The normalized spacial score (nSPS) is 11.1. The first kappa shape index (κ1) is 19.7. The molecule has 0 amide bonds. The fourth-order valence-corrected chi connectivity index (χ4v) is 3.38. The number of hydrogen-bond acceptors (Lipinski definition) is 4. The van der Waals surface area contributed by atoms with Crippen molar-refractivity contribution >= 4 is 11.0 Å². The van der Waals surface area contributed by atoms with Crippen molar-refractivity contribution in [2.24, 2.45) is 0 Å². The van der Waals surface area contributed by atoms with Crippen LogP contribution in [-0.2, 0) is 6.61 Å². The van der Waals surface area contributed by atoms with E-state index >= 15 is 0 Å². The van der Waals surface area contributed by atoms with Gasteiger partial charge in [0.15, 0.2) is 17.1 Å². The second kappa shape index (κ2) is 8.11. The highest BCUT2D eigenvalue weighted by atomic mass is 19.2. The second-order valence-corrected chi connectivity index (χ2v) is 7.18. The highest BCUT2D eigenvalue weighted by molar-refractivity contribution is 5.82. The van der Waals surface area contributed by atoms with Crippen molar-refractivity contribution in [3.8, 4) is 22.6 Å². The van der Waals surface area contributed by atoms with Gasteiger partial charge in [-0.15, -0.1) is 0 Å². The maximum atomic E-state index is 13.6. The topological polar surface area (TPSA) is 57.3 Å². The predicted molar refractivity (Wildman–Crippen MR) is 116 cm³/mol. The van der Waals surface area contributed by atoms with E-state index < -0.39 is 11.6 Å². The smallest absolute Gasteiger partial charge is 0.200 e. The van der Waals surface area contributed by atoms with Crippen LogP contribution in [0.15, 0.2) is 94.6 Å². The van der Waals surface area contributed by atoms with Gasteiger partial charge in [0.25, 0.3) is 0 Å². The number of halogens is 2. The molecule has 0 saturated carbocycles. The molecule has 0 aliphatic rings. The SMILES string of the molecule is O=c1c(-c2ccc(F)c(F)c2)coc2cc(OCc3cnn(-c4ccccc4)c3)ccc12. The molecule has 2 heterocycles. The molecule has 0 aliphatic heterocycles. The summed E-state index contributed by atoms with van der Waals surface area (Å²) in [7, 11) is 0. The van der Waals surface area contributed by atoms with E-state index in [-0.39, 0.29) is 23.2 Å². The van der Waals surface area contributed by atoms with Crippen molar-refractivity contribution in [1.29, 1.82) is 0 Å². The van der Waals surface area contributed by atoms with Crippen LogP contribution in [0.5, 0.6) is 5.75 Å². The monoisotopic (exact) mass is 430 g/mol. The third kappa shape index (κ3) is 3.76. The lowest BCUT2D eigenvalue weighted by atomic mass is 10.1. The summed E-state index contributed by atoms with van der Waals surface area (Å²) in [6.07, 6.45) is 4.85. The second-order valence-electron chi connectivity index (χ2n) is 7.18. The van der Waals surface area contributed by atoms with Gasteiger partial charge in [-0.1, -0.05) is 24.3 Å². The molecule has 0 fully saturated rings. The molecule has 2 aromatic heterocycles. The van der Waals surface area contributed by atoms with Crippen LogP contribution >= 0.6 is 0 Å². The van der Waals surface area contributed by atoms with Gasteiger partial charge < -0.3 is 9.15 Å². The molecular weight excluding hydrogens is 414 g/mol. The van der Waals surface area contributed by atoms with Crippen LogP contribution in [0.3, 0.4) is 0 Å². The Labute approximate surface area is 181 Å². The van der Waals surface area contributed by atoms with Gasteiger partial charge in [0.2, 0.25) is 0 Å². The van der Waals surface area contributed by atoms with E-state index in [1.54, 1.807) is 29.1 Å². The number of aromatic nitrogens is 2. The van der Waals surface area contributed by atoms with E-state index in [1.165, 1.54) is 12.3 Å². The zero-order valence-corrected chi connectivity index (χ0v) is 16.7. The number of benzene rings is 3. The zero-order chi connectivity index (χ0) is 22.1. The minimum Gasteiger partial charge on any atom is -0.489 e. The fraction of sp³-hybridized carbons (Fsp3) is 0.0400. The maximum Gasteiger partial charge on any atom is 0.200 e. The Morgan fingerprint density at radius 1 is 0.969 bits per heavy atom. The number of hydrogen-bond donors (Lipinski definition) is 0.